The number of amides is 9. The molecule has 28 heteroatoms. The highest BCUT2D eigenvalue weighted by Crippen LogP contribution is 2.52. The number of hydrogen-bond acceptors (Lipinski definition) is 18. The summed E-state index contributed by atoms with van der Waals surface area (Å²) in [5.41, 5.74) is -3.83. The Labute approximate surface area is 614 Å². The Balaban J connectivity index is 0.000000296. The molecule has 4 aliphatic heterocycles. The van der Waals surface area contributed by atoms with Crippen molar-refractivity contribution in [3.05, 3.63) is 121 Å². The molecule has 576 valence electrons. The number of alkyl carbamates (subject to hydrolysis) is 2. The number of nitrogens with one attached hydrogen (secondary N) is 3. The molecule has 0 unspecified atom stereocenters. The Morgan fingerprint density at radius 3 is 1.41 bits per heavy atom. The molecule has 2 saturated carbocycles. The van der Waals surface area contributed by atoms with Gasteiger partial charge in [0.25, 0.3) is 5.91 Å². The topological polar surface area (TPSA) is 305 Å². The molecular weight excluding hydrogens is 1360 g/mol. The summed E-state index contributed by atoms with van der Waals surface area (Å²) < 4.78 is 67.8. The van der Waals surface area contributed by atoms with Crippen LogP contribution in [0.25, 0.3) is 0 Å². The summed E-state index contributed by atoms with van der Waals surface area (Å²) in [4.78, 5) is 157. The van der Waals surface area contributed by atoms with Crippen molar-refractivity contribution in [2.24, 2.45) is 11.8 Å². The second-order valence-electron chi connectivity index (χ2n) is 30.3. The molecule has 2 aromatic carbocycles. The fraction of sp³-hybridized carbons (Fsp3) is 0.597. The zero-order valence-electron chi connectivity index (χ0n) is 62.6. The van der Waals surface area contributed by atoms with E-state index in [1.54, 1.807) is 113 Å². The standard InChI is InChI=1S/C41H57FN4O10.C36H49FN4O8/c1-10-13-14-15-16-20-31(43-36(50)55-39(4,5)6)33(47)45-24-28(54-37(51)44-23-26-18-17-19-30(42)29(26)25-44)21-32(45)34(48)46(38(52)56-40(7,8)9)41(22-27(41)11-2)35(49)53-12-3;1-7-10-11-12-13-17-28(38-33(45)49-35(4,5)6)31(43)41-21-25(48-34(46)40-20-23-15-14-16-27(37)26(23)22-40)18-29(41)30(42)39-36(19-24(36)8-2)32(44)47-9-3/h10-11,17-19,27-28,31-32H,1-2,12-16,20-25H2,3-9H3,(H,43,50);7-8,14-16,24-25,28-29H,1-2,9-13,17-22H2,3-6H3,(H,38,45)(H,39,42)/t27-,28-,31+,32+,41-;24-,25-,28+,29+,36-/m11/s1. The van der Waals surface area contributed by atoms with Gasteiger partial charge in [0.1, 0.15) is 70.4 Å². The third kappa shape index (κ3) is 21.4. The van der Waals surface area contributed by atoms with Crippen LogP contribution in [0.4, 0.5) is 32.8 Å². The predicted molar refractivity (Wildman–Crippen MR) is 382 cm³/mol. The highest BCUT2D eigenvalue weighted by molar-refractivity contribution is 6.05. The summed E-state index contributed by atoms with van der Waals surface area (Å²) in [7, 11) is 0. The zero-order chi connectivity index (χ0) is 77.5. The van der Waals surface area contributed by atoms with Crippen LogP contribution >= 0.6 is 0 Å². The number of imide groups is 1. The van der Waals surface area contributed by atoms with Gasteiger partial charge in [-0.15, -0.1) is 26.3 Å². The molecule has 10 atom stereocenters. The molecule has 105 heavy (non-hydrogen) atoms. The average molecular weight is 1470 g/mol. The fourth-order valence-corrected chi connectivity index (χ4v) is 13.5. The van der Waals surface area contributed by atoms with Crippen LogP contribution < -0.4 is 16.0 Å². The molecule has 2 aliphatic carbocycles. The lowest BCUT2D eigenvalue weighted by molar-refractivity contribution is -0.159. The Hall–Kier alpha value is -9.37. The predicted octanol–water partition coefficient (Wildman–Crippen LogP) is 11.4. The van der Waals surface area contributed by atoms with Crippen LogP contribution in [0.5, 0.6) is 0 Å². The molecule has 0 bridgehead atoms. The number of unbranched alkanes of at least 4 members (excludes halogenated alkanes) is 6. The van der Waals surface area contributed by atoms with Gasteiger partial charge in [0.05, 0.1) is 39.4 Å². The van der Waals surface area contributed by atoms with E-state index in [9.17, 15) is 61.5 Å². The van der Waals surface area contributed by atoms with Crippen LogP contribution in [-0.2, 0) is 88.1 Å². The number of rotatable bonds is 28. The van der Waals surface area contributed by atoms with Crippen molar-refractivity contribution in [2.45, 2.75) is 256 Å². The number of ether oxygens (including phenoxy) is 7. The summed E-state index contributed by atoms with van der Waals surface area (Å²) in [6.45, 7) is 33.2. The van der Waals surface area contributed by atoms with Crippen molar-refractivity contribution < 1.29 is 94.7 Å². The molecule has 4 fully saturated rings. The van der Waals surface area contributed by atoms with Gasteiger partial charge in [0.2, 0.25) is 17.7 Å². The molecule has 2 saturated heterocycles. The fourth-order valence-electron chi connectivity index (χ4n) is 13.5. The van der Waals surface area contributed by atoms with Crippen LogP contribution in [-0.4, -0.2) is 181 Å². The minimum atomic E-state index is -1.80. The molecule has 8 rings (SSSR count). The Kier molecular flexibility index (Phi) is 28.1. The number of nitrogens with zero attached hydrogens (tertiary/aromatic N) is 5. The molecule has 3 N–H and O–H groups in total. The van der Waals surface area contributed by atoms with Gasteiger partial charge in [-0.05, 0) is 151 Å². The first-order valence-electron chi connectivity index (χ1n) is 36.2. The lowest BCUT2D eigenvalue weighted by Crippen LogP contribution is -2.60. The van der Waals surface area contributed by atoms with E-state index in [4.69, 9.17) is 33.2 Å². The summed E-state index contributed by atoms with van der Waals surface area (Å²) in [5, 5.41) is 8.16. The van der Waals surface area contributed by atoms with Crippen LogP contribution in [0.15, 0.2) is 87.0 Å². The maximum Gasteiger partial charge on any atom is 0.418 e. The van der Waals surface area contributed by atoms with Gasteiger partial charge in [-0.3, -0.25) is 29.0 Å². The SMILES string of the molecule is C=CCCCCC[C@H](NC(=O)OC(C)(C)C)C(=O)N1C[C@H](OC(=O)N2Cc3cccc(F)c3C2)C[C@H]1C(=O)N(C(=O)OC(C)(C)C)[C@]1(C(=O)OCC)C[C@H]1C=C.C=CCCCCC[C@H](NC(=O)OC(C)(C)C)C(=O)N1C[C@H](OC(=O)N2Cc3cccc(F)c3C2)C[C@H]1C(=O)N[C@]1(C(=O)OCC)C[C@H]1C=C. The van der Waals surface area contributed by atoms with E-state index in [1.807, 2.05) is 6.08 Å². The van der Waals surface area contributed by atoms with Crippen molar-refractivity contribution >= 4 is 66.0 Å². The number of allylic oxidation sites excluding steroid dienone is 2. The molecule has 9 amide bonds. The smallest absolute Gasteiger partial charge is 0.418 e. The van der Waals surface area contributed by atoms with E-state index in [0.29, 0.717) is 47.9 Å². The van der Waals surface area contributed by atoms with Gasteiger partial charge in [-0.1, -0.05) is 74.3 Å². The largest absolute Gasteiger partial charge is 0.464 e. The molecular formula is C77H106F2N8O18. The summed E-state index contributed by atoms with van der Waals surface area (Å²) in [6, 6.07) is 4.41. The highest BCUT2D eigenvalue weighted by Gasteiger charge is 2.69. The lowest BCUT2D eigenvalue weighted by atomic mass is 10.0. The van der Waals surface area contributed by atoms with Crippen molar-refractivity contribution in [2.75, 3.05) is 26.3 Å². The van der Waals surface area contributed by atoms with Crippen LogP contribution in [0.1, 0.15) is 188 Å². The number of fused-ring (bicyclic) bond motifs is 2. The second kappa shape index (κ2) is 35.6. The molecule has 0 spiro atoms. The van der Waals surface area contributed by atoms with Crippen molar-refractivity contribution in [3.63, 3.8) is 0 Å². The van der Waals surface area contributed by atoms with Gasteiger partial charge < -0.3 is 58.9 Å². The number of esters is 2. The Morgan fingerprint density at radius 2 is 1.01 bits per heavy atom. The molecule has 2 aromatic rings. The third-order valence-electron chi connectivity index (χ3n) is 18.7. The number of carbonyl (C=O) groups excluding carboxylic acids is 11. The number of benzene rings is 2. The maximum absolute atomic E-state index is 15.0. The lowest BCUT2D eigenvalue weighted by Gasteiger charge is -2.35. The molecule has 26 nitrogen and oxygen atoms in total. The third-order valence-corrected chi connectivity index (χ3v) is 18.7. The van der Waals surface area contributed by atoms with Gasteiger partial charge in [-0.2, -0.15) is 0 Å². The van der Waals surface area contributed by atoms with Crippen LogP contribution in [0.3, 0.4) is 0 Å². The number of halogens is 2. The van der Waals surface area contributed by atoms with Crippen molar-refractivity contribution in [1.82, 2.24) is 40.4 Å². The minimum absolute atomic E-state index is 0.0129. The number of likely N-dealkylation sites (tertiary alicyclic amines) is 2. The van der Waals surface area contributed by atoms with Gasteiger partial charge in [0, 0.05) is 48.9 Å². The summed E-state index contributed by atoms with van der Waals surface area (Å²) in [5.74, 6) is -6.15. The highest BCUT2D eigenvalue weighted by atomic mass is 19.1. The number of hydrogen-bond donors (Lipinski definition) is 3. The van der Waals surface area contributed by atoms with Crippen LogP contribution in [0.2, 0.25) is 0 Å². The normalized spacial score (nSPS) is 22.5. The first-order chi connectivity index (χ1) is 49.5. The van der Waals surface area contributed by atoms with E-state index in [2.05, 4.69) is 42.3 Å². The molecule has 4 heterocycles. The van der Waals surface area contributed by atoms with E-state index in [-0.39, 0.29) is 90.5 Å². The van der Waals surface area contributed by atoms with E-state index < -0.39 is 148 Å². The number of carbonyl (C=O) groups is 11. The van der Waals surface area contributed by atoms with E-state index >= 15 is 0 Å². The van der Waals surface area contributed by atoms with Gasteiger partial charge >= 0.3 is 42.4 Å². The first kappa shape index (κ1) is 82.9. The average Bonchev–Trinajstić information content (AvgIpc) is 1.56. The maximum atomic E-state index is 15.0. The van der Waals surface area contributed by atoms with Gasteiger partial charge in [-0.25, -0.2) is 47.2 Å². The van der Waals surface area contributed by atoms with E-state index in [1.165, 1.54) is 37.8 Å². The van der Waals surface area contributed by atoms with Crippen molar-refractivity contribution in [3.8, 4) is 0 Å². The van der Waals surface area contributed by atoms with Crippen molar-refractivity contribution in [1.29, 1.82) is 0 Å². The zero-order valence-corrected chi connectivity index (χ0v) is 62.6. The minimum Gasteiger partial charge on any atom is -0.464 e. The molecule has 0 radical (unpaired) electrons. The Morgan fingerprint density at radius 1 is 0.571 bits per heavy atom. The van der Waals surface area contributed by atoms with Gasteiger partial charge in [0.15, 0.2) is 5.54 Å². The second-order valence-corrected chi connectivity index (χ2v) is 30.3. The van der Waals surface area contributed by atoms with E-state index in [0.717, 1.165) is 37.0 Å². The first-order valence-corrected chi connectivity index (χ1v) is 36.2. The summed E-state index contributed by atoms with van der Waals surface area (Å²) in [6.07, 6.45) is 6.65. The van der Waals surface area contributed by atoms with Crippen LogP contribution in [0, 0.1) is 23.5 Å². The Bertz CT molecular complexity index is 3590. The summed E-state index contributed by atoms with van der Waals surface area (Å²) >= 11 is 0. The monoisotopic (exact) mass is 1470 g/mol. The molecule has 0 aromatic heterocycles. The molecule has 6 aliphatic rings. The quantitative estimate of drug-likeness (QED) is 0.0308.